The predicted octanol–water partition coefficient (Wildman–Crippen LogP) is 6.62. The summed E-state index contributed by atoms with van der Waals surface area (Å²) in [6, 6.07) is 40.6. The van der Waals surface area contributed by atoms with Gasteiger partial charge in [-0.15, -0.1) is 0 Å². The van der Waals surface area contributed by atoms with Crippen LogP contribution in [0, 0.1) is 12.8 Å². The Labute approximate surface area is 336 Å². The van der Waals surface area contributed by atoms with Crippen molar-refractivity contribution in [1.29, 1.82) is 0 Å². The van der Waals surface area contributed by atoms with Gasteiger partial charge in [0.25, 0.3) is 0 Å². The fourth-order valence-electron chi connectivity index (χ4n) is 7.52. The Hall–Kier alpha value is -4.72. The molecule has 2 aliphatic heterocycles. The van der Waals surface area contributed by atoms with Crippen molar-refractivity contribution in [2.45, 2.75) is 62.9 Å². The second kappa shape index (κ2) is 18.7. The van der Waals surface area contributed by atoms with E-state index in [-0.39, 0.29) is 36.0 Å². The number of nitrogens with zero attached hydrogens (tertiary/aromatic N) is 2. The van der Waals surface area contributed by atoms with Gasteiger partial charge in [0.05, 0.1) is 23.7 Å². The Morgan fingerprint density at radius 1 is 0.737 bits per heavy atom. The fourth-order valence-corrected chi connectivity index (χ4v) is 8.71. The number of aryl methyl sites for hydroxylation is 1. The normalized spacial score (nSPS) is 21.2. The molecule has 2 saturated heterocycles. The molecule has 2 aliphatic rings. The number of rotatable bonds is 14. The SMILES string of the molecule is Cc1ccc(S(=O)(=O)N[C@H](Cc2ccccc2)C(=O)Nc2ccc([C@@H]3O[C@H](CN4CCN(Cc5ccccc5)CC4)[C@H](C)[C@H](c4ccc(CO)cc4)O3)cc2)cc1. The molecule has 0 spiro atoms. The Kier molecular flexibility index (Phi) is 13.3. The van der Waals surface area contributed by atoms with Crippen molar-refractivity contribution in [2.24, 2.45) is 5.92 Å². The number of ether oxygens (including phenoxy) is 2. The maximum absolute atomic E-state index is 13.8. The van der Waals surface area contributed by atoms with E-state index in [2.05, 4.69) is 57.1 Å². The van der Waals surface area contributed by atoms with Crippen molar-refractivity contribution >= 4 is 21.6 Å². The summed E-state index contributed by atoms with van der Waals surface area (Å²) in [5.41, 5.74) is 6.26. The first-order valence-electron chi connectivity index (χ1n) is 19.7. The maximum Gasteiger partial charge on any atom is 0.242 e. The molecule has 1 amide bonds. The van der Waals surface area contributed by atoms with Gasteiger partial charge in [0.15, 0.2) is 6.29 Å². The molecule has 0 saturated carbocycles. The number of anilines is 1. The molecule has 11 heteroatoms. The number of carbonyl (C=O) groups is 1. The number of benzene rings is 5. The van der Waals surface area contributed by atoms with Gasteiger partial charge < -0.3 is 19.9 Å². The van der Waals surface area contributed by atoms with Gasteiger partial charge >= 0.3 is 0 Å². The third-order valence-electron chi connectivity index (χ3n) is 11.0. The summed E-state index contributed by atoms with van der Waals surface area (Å²) in [7, 11) is -3.99. The van der Waals surface area contributed by atoms with Crippen LogP contribution in [0.1, 0.15) is 52.7 Å². The van der Waals surface area contributed by atoms with Crippen molar-refractivity contribution in [3.05, 3.63) is 167 Å². The zero-order chi connectivity index (χ0) is 39.8. The molecule has 57 heavy (non-hydrogen) atoms. The molecule has 2 heterocycles. The highest BCUT2D eigenvalue weighted by Gasteiger charge is 2.39. The van der Waals surface area contributed by atoms with Gasteiger partial charge in [-0.3, -0.25) is 14.6 Å². The molecule has 5 atom stereocenters. The molecule has 7 rings (SSSR count). The maximum atomic E-state index is 13.8. The largest absolute Gasteiger partial charge is 0.392 e. The van der Waals surface area contributed by atoms with Crippen LogP contribution in [0.15, 0.2) is 138 Å². The van der Waals surface area contributed by atoms with E-state index < -0.39 is 28.3 Å². The van der Waals surface area contributed by atoms with Gasteiger partial charge in [-0.1, -0.05) is 122 Å². The summed E-state index contributed by atoms with van der Waals surface area (Å²) in [6.07, 6.45) is -0.862. The van der Waals surface area contributed by atoms with E-state index in [9.17, 15) is 18.3 Å². The molecule has 10 nitrogen and oxygen atoms in total. The van der Waals surface area contributed by atoms with Crippen LogP contribution in [-0.2, 0) is 43.9 Å². The van der Waals surface area contributed by atoms with Crippen LogP contribution in [0.5, 0.6) is 0 Å². The molecule has 0 bridgehead atoms. The van der Waals surface area contributed by atoms with Crippen LogP contribution in [0.4, 0.5) is 5.69 Å². The Morgan fingerprint density at radius 3 is 1.96 bits per heavy atom. The molecule has 0 radical (unpaired) electrons. The highest BCUT2D eigenvalue weighted by atomic mass is 32.2. The Bertz CT molecular complexity index is 2150. The Morgan fingerprint density at radius 2 is 1.33 bits per heavy atom. The lowest BCUT2D eigenvalue weighted by atomic mass is 9.90. The van der Waals surface area contributed by atoms with Gasteiger partial charge in [-0.25, -0.2) is 8.42 Å². The quantitative estimate of drug-likeness (QED) is 0.115. The number of piperazine rings is 1. The van der Waals surface area contributed by atoms with Crippen LogP contribution in [0.2, 0.25) is 0 Å². The number of aliphatic hydroxyl groups excluding tert-OH is 1. The standard InChI is InChI=1S/C46H52N4O6S/c1-33-13-23-41(24-14-33)57(53,54)48-42(29-35-9-5-3-6-10-35)45(52)47-40-21-19-39(20-22-40)46-55-43(34(2)44(56-46)38-17-15-37(32-51)16-18-38)31-50-27-25-49(26-28-50)30-36-11-7-4-8-12-36/h3-24,34,42-44,46,48,51H,25-32H2,1-2H3,(H,47,52)/t34-,42+,43+,44+,46+/m0/s1. The number of carbonyl (C=O) groups excluding carboxylic acids is 1. The van der Waals surface area contributed by atoms with Gasteiger partial charge in [-0.05, 0) is 59.9 Å². The number of amides is 1. The van der Waals surface area contributed by atoms with Crippen LogP contribution < -0.4 is 10.0 Å². The minimum Gasteiger partial charge on any atom is -0.392 e. The minimum absolute atomic E-state index is 0.0273. The average molecular weight is 789 g/mol. The number of nitrogens with one attached hydrogen (secondary N) is 2. The zero-order valence-electron chi connectivity index (χ0n) is 32.5. The predicted molar refractivity (Wildman–Crippen MR) is 222 cm³/mol. The van der Waals surface area contributed by atoms with E-state index in [0.29, 0.717) is 5.69 Å². The molecule has 3 N–H and O–H groups in total. The summed E-state index contributed by atoms with van der Waals surface area (Å²) < 4.78 is 42.9. The molecule has 0 aromatic heterocycles. The van der Waals surface area contributed by atoms with Gasteiger partial charge in [-0.2, -0.15) is 4.72 Å². The van der Waals surface area contributed by atoms with Crippen molar-refractivity contribution in [3.63, 3.8) is 0 Å². The van der Waals surface area contributed by atoms with E-state index >= 15 is 0 Å². The van der Waals surface area contributed by atoms with Gasteiger partial charge in [0.1, 0.15) is 6.04 Å². The van der Waals surface area contributed by atoms with Gasteiger partial charge in [0.2, 0.25) is 15.9 Å². The Balaban J connectivity index is 1.05. The smallest absolute Gasteiger partial charge is 0.242 e. The van der Waals surface area contributed by atoms with Gasteiger partial charge in [0, 0.05) is 56.4 Å². The third kappa shape index (κ3) is 10.6. The molecule has 5 aromatic rings. The minimum atomic E-state index is -3.99. The average Bonchev–Trinajstić information content (AvgIpc) is 3.23. The number of aliphatic hydroxyl groups is 1. The first kappa shape index (κ1) is 40.5. The molecular weight excluding hydrogens is 737 g/mol. The summed E-state index contributed by atoms with van der Waals surface area (Å²) in [5.74, 6) is -0.427. The van der Waals surface area contributed by atoms with Crippen molar-refractivity contribution in [3.8, 4) is 0 Å². The third-order valence-corrected chi connectivity index (χ3v) is 12.4. The summed E-state index contributed by atoms with van der Waals surface area (Å²) in [6.45, 7) is 9.60. The van der Waals surface area contributed by atoms with Crippen molar-refractivity contribution < 1.29 is 27.8 Å². The van der Waals surface area contributed by atoms with E-state index in [4.69, 9.17) is 9.47 Å². The molecule has 5 aromatic carbocycles. The highest BCUT2D eigenvalue weighted by Crippen LogP contribution is 2.42. The molecule has 0 unspecified atom stereocenters. The molecule has 0 aliphatic carbocycles. The summed E-state index contributed by atoms with van der Waals surface area (Å²) in [5, 5.41) is 12.6. The lowest BCUT2D eigenvalue weighted by Crippen LogP contribution is -2.51. The van der Waals surface area contributed by atoms with E-state index in [1.165, 1.54) is 17.7 Å². The van der Waals surface area contributed by atoms with E-state index in [0.717, 1.165) is 67.1 Å². The van der Waals surface area contributed by atoms with E-state index in [1.807, 2.05) is 73.7 Å². The lowest BCUT2D eigenvalue weighted by Gasteiger charge is -2.44. The zero-order valence-corrected chi connectivity index (χ0v) is 33.4. The van der Waals surface area contributed by atoms with Crippen LogP contribution in [-0.4, -0.2) is 74.1 Å². The summed E-state index contributed by atoms with van der Waals surface area (Å²) in [4.78, 5) is 18.9. The number of hydrogen-bond acceptors (Lipinski definition) is 8. The highest BCUT2D eigenvalue weighted by molar-refractivity contribution is 7.89. The van der Waals surface area contributed by atoms with Crippen molar-refractivity contribution in [1.82, 2.24) is 14.5 Å². The molecule has 2 fully saturated rings. The molecular formula is C46H52N4O6S. The number of sulfonamides is 1. The first-order valence-corrected chi connectivity index (χ1v) is 21.1. The first-order chi connectivity index (χ1) is 27.6. The van der Waals surface area contributed by atoms with Crippen LogP contribution in [0.3, 0.4) is 0 Å². The van der Waals surface area contributed by atoms with Crippen LogP contribution in [0.25, 0.3) is 0 Å². The second-order valence-electron chi connectivity index (χ2n) is 15.2. The van der Waals surface area contributed by atoms with Crippen molar-refractivity contribution in [2.75, 3.05) is 38.0 Å². The fraction of sp³-hybridized carbons (Fsp3) is 0.326. The van der Waals surface area contributed by atoms with E-state index in [1.54, 1.807) is 24.3 Å². The van der Waals surface area contributed by atoms with Crippen LogP contribution >= 0.6 is 0 Å². The molecule has 298 valence electrons. The number of hydrogen-bond donors (Lipinski definition) is 3. The second-order valence-corrected chi connectivity index (χ2v) is 16.9. The summed E-state index contributed by atoms with van der Waals surface area (Å²) >= 11 is 0. The lowest BCUT2D eigenvalue weighted by molar-refractivity contribution is -0.276. The monoisotopic (exact) mass is 788 g/mol. The topological polar surface area (TPSA) is 120 Å².